The third-order valence-corrected chi connectivity index (χ3v) is 6.71. The third-order valence-electron chi connectivity index (χ3n) is 4.61. The first-order chi connectivity index (χ1) is 17.7. The van der Waals surface area contributed by atoms with Gasteiger partial charge in [0.05, 0.1) is 6.61 Å². The van der Waals surface area contributed by atoms with Gasteiger partial charge in [-0.1, -0.05) is 0 Å². The van der Waals surface area contributed by atoms with Crippen LogP contribution in [0.3, 0.4) is 0 Å². The van der Waals surface area contributed by atoms with Crippen LogP contribution in [-0.4, -0.2) is 79.1 Å². The second-order valence-electron chi connectivity index (χ2n) is 7.64. The number of halogens is 17. The Balaban J connectivity index is 0.00000110. The van der Waals surface area contributed by atoms with Crippen molar-refractivity contribution in [2.45, 2.75) is 58.8 Å². The summed E-state index contributed by atoms with van der Waals surface area (Å²) in [6, 6.07) is 8.33. The van der Waals surface area contributed by atoms with Gasteiger partial charge in [0, 0.05) is 10.9 Å². The topological polar surface area (TPSA) is 66.4 Å². The zero-order valence-corrected chi connectivity index (χ0v) is 21.5. The summed E-state index contributed by atoms with van der Waals surface area (Å²) in [6.07, 6.45) is -3.46. The van der Waals surface area contributed by atoms with Crippen LogP contribution in [-0.2, 0) is 21.0 Å². The maximum atomic E-state index is 13.0. The molecule has 0 saturated heterocycles. The fourth-order valence-corrected chi connectivity index (χ4v) is 3.40. The molecule has 0 amide bonds. The van der Waals surface area contributed by atoms with E-state index in [9.17, 15) is 87.6 Å². The summed E-state index contributed by atoms with van der Waals surface area (Å²) in [5.41, 5.74) is 0. The molecule has 0 radical (unpaired) electrons. The molecule has 0 unspecified atom stereocenters. The second kappa shape index (κ2) is 11.6. The number of hydrogen-bond acceptors (Lipinski definition) is 4. The predicted octanol–water partition coefficient (Wildman–Crippen LogP) is 6.82. The maximum absolute atomic E-state index is 13.0. The molecule has 0 aliphatic rings. The van der Waals surface area contributed by atoms with Gasteiger partial charge in [0.25, 0.3) is 0 Å². The monoisotopic (exact) mass is 682 g/mol. The molecule has 1 aromatic carbocycles. The lowest BCUT2D eigenvalue weighted by Crippen LogP contribution is -2.75. The number of alkyl halides is 17. The van der Waals surface area contributed by atoms with Crippen LogP contribution in [0.25, 0.3) is 0 Å². The van der Waals surface area contributed by atoms with E-state index in [4.69, 9.17) is 4.74 Å². The van der Waals surface area contributed by atoms with E-state index in [0.717, 1.165) is 12.4 Å². The minimum absolute atomic E-state index is 0.353. The minimum Gasteiger partial charge on any atom is -0.743 e. The van der Waals surface area contributed by atoms with Gasteiger partial charge in [-0.2, -0.15) is 74.6 Å². The Morgan fingerprint density at radius 2 is 0.951 bits per heavy atom. The fraction of sp³-hybridized carbons (Fsp3) is 0.667. The molecular formula is C18H15F17O4S2. The molecule has 0 aliphatic heterocycles. The second-order valence-corrected chi connectivity index (χ2v) is 11.2. The van der Waals surface area contributed by atoms with Crippen molar-refractivity contribution in [3.8, 4) is 5.75 Å². The van der Waals surface area contributed by atoms with E-state index in [1.165, 1.54) is 4.90 Å². The molecule has 0 aliphatic carbocycles. The molecule has 0 spiro atoms. The van der Waals surface area contributed by atoms with Crippen LogP contribution in [0.5, 0.6) is 5.75 Å². The highest BCUT2D eigenvalue weighted by molar-refractivity contribution is 7.95. The molecule has 242 valence electrons. The van der Waals surface area contributed by atoms with Gasteiger partial charge in [0.15, 0.2) is 15.0 Å². The molecule has 4 nitrogen and oxygen atoms in total. The van der Waals surface area contributed by atoms with Gasteiger partial charge in [-0.25, -0.2) is 8.42 Å². The van der Waals surface area contributed by atoms with E-state index in [2.05, 4.69) is 24.6 Å². The highest BCUT2D eigenvalue weighted by Gasteiger charge is 2.95. The Labute approximate surface area is 221 Å². The van der Waals surface area contributed by atoms with Crippen LogP contribution in [0.2, 0.25) is 0 Å². The van der Waals surface area contributed by atoms with E-state index in [0.29, 0.717) is 10.9 Å². The molecule has 0 aromatic heterocycles. The van der Waals surface area contributed by atoms with E-state index in [-0.39, 0.29) is 0 Å². The summed E-state index contributed by atoms with van der Waals surface area (Å²) in [5.74, 6) is -51.2. The highest BCUT2D eigenvalue weighted by atomic mass is 32.2. The van der Waals surface area contributed by atoms with E-state index >= 15 is 0 Å². The molecule has 0 heterocycles. The number of ether oxygens (including phenoxy) is 1. The maximum Gasteiger partial charge on any atom is 0.460 e. The van der Waals surface area contributed by atoms with Crippen molar-refractivity contribution in [3.63, 3.8) is 0 Å². The first-order valence-corrected chi connectivity index (χ1v) is 13.2. The SMILES string of the molecule is CCOc1ccc([S+](C)C)cc1.O=S(=O)([O-])C(F)(F)C(F)(F)C(F)(F)C(F)(F)C(F)(F)C(F)(F)C(F)(F)C(F)(F)F. The van der Waals surface area contributed by atoms with Crippen LogP contribution in [0.1, 0.15) is 6.92 Å². The van der Waals surface area contributed by atoms with Gasteiger partial charge in [0.1, 0.15) is 18.3 Å². The molecule has 23 heteroatoms. The Kier molecular flexibility index (Phi) is 11.1. The molecule has 1 aromatic rings. The highest BCUT2D eigenvalue weighted by Crippen LogP contribution is 2.64. The Morgan fingerprint density at radius 1 is 0.634 bits per heavy atom. The third kappa shape index (κ3) is 6.54. The quantitative estimate of drug-likeness (QED) is 0.155. The van der Waals surface area contributed by atoms with Crippen LogP contribution >= 0.6 is 0 Å². The molecule has 41 heavy (non-hydrogen) atoms. The molecule has 0 atom stereocenters. The largest absolute Gasteiger partial charge is 0.743 e. The van der Waals surface area contributed by atoms with Crippen LogP contribution in [0, 0.1) is 0 Å². The molecule has 0 N–H and O–H groups in total. The summed E-state index contributed by atoms with van der Waals surface area (Å²) in [5, 5.41) is -7.95. The minimum atomic E-state index is -8.92. The fourth-order valence-electron chi connectivity index (χ4n) is 2.28. The average Bonchev–Trinajstić information content (AvgIpc) is 2.77. The van der Waals surface area contributed by atoms with Crippen molar-refractivity contribution < 1.29 is 92.3 Å². The van der Waals surface area contributed by atoms with Crippen molar-refractivity contribution in [1.29, 1.82) is 0 Å². The smallest absolute Gasteiger partial charge is 0.460 e. The molecule has 0 fully saturated rings. The van der Waals surface area contributed by atoms with Crippen LogP contribution in [0.15, 0.2) is 29.2 Å². The lowest BCUT2D eigenvalue weighted by molar-refractivity contribution is -0.458. The van der Waals surface area contributed by atoms with Crippen molar-refractivity contribution in [2.75, 3.05) is 19.1 Å². The zero-order valence-electron chi connectivity index (χ0n) is 19.9. The van der Waals surface area contributed by atoms with Crippen molar-refractivity contribution in [1.82, 2.24) is 0 Å². The van der Waals surface area contributed by atoms with Crippen LogP contribution < -0.4 is 4.74 Å². The van der Waals surface area contributed by atoms with Crippen molar-refractivity contribution in [3.05, 3.63) is 24.3 Å². The van der Waals surface area contributed by atoms with Gasteiger partial charge in [-0.3, -0.25) is 0 Å². The summed E-state index contributed by atoms with van der Waals surface area (Å²) in [4.78, 5) is 1.39. The standard InChI is InChI=1S/C10H15OS.C8HF17O3S/c1-4-11-9-5-7-10(8-6-9)12(2)3;9-1(10,3(13,14)5(17,18)7(21,22)23)2(11,12)4(15,16)6(19,20)8(24,25)29(26,27)28/h5-8H,4H2,1-3H3;(H,26,27,28)/q+1;/p-1. The van der Waals surface area contributed by atoms with Crippen molar-refractivity contribution >= 4 is 21.0 Å². The van der Waals surface area contributed by atoms with E-state index < -0.39 is 57.1 Å². The predicted molar refractivity (Wildman–Crippen MR) is 105 cm³/mol. The number of rotatable bonds is 10. The molecular weight excluding hydrogens is 667 g/mol. The van der Waals surface area contributed by atoms with Gasteiger partial charge < -0.3 is 9.29 Å². The van der Waals surface area contributed by atoms with Crippen molar-refractivity contribution in [2.24, 2.45) is 0 Å². The van der Waals surface area contributed by atoms with E-state index in [1.54, 1.807) is 0 Å². The Bertz CT molecular complexity index is 1130. The average molecular weight is 682 g/mol. The first kappa shape index (κ1) is 39.1. The summed E-state index contributed by atoms with van der Waals surface area (Å²) in [6.45, 7) is 2.74. The summed E-state index contributed by atoms with van der Waals surface area (Å²) < 4.78 is 249. The Morgan fingerprint density at radius 3 is 1.22 bits per heavy atom. The van der Waals surface area contributed by atoms with Crippen LogP contribution in [0.4, 0.5) is 74.6 Å². The molecule has 1 rings (SSSR count). The lowest BCUT2D eigenvalue weighted by atomic mass is 9.91. The lowest BCUT2D eigenvalue weighted by Gasteiger charge is -2.42. The summed E-state index contributed by atoms with van der Waals surface area (Å²) >= 11 is 0. The molecule has 0 saturated carbocycles. The molecule has 0 bridgehead atoms. The Hall–Kier alpha value is -1.91. The normalized spacial score (nSPS) is 15.0. The van der Waals surface area contributed by atoms with E-state index in [1.807, 2.05) is 19.1 Å². The first-order valence-electron chi connectivity index (χ1n) is 9.71. The summed E-state index contributed by atoms with van der Waals surface area (Å²) in [7, 11) is -7.79. The van der Waals surface area contributed by atoms with Gasteiger partial charge in [-0.05, 0) is 31.2 Å². The van der Waals surface area contributed by atoms with Gasteiger partial charge in [-0.15, -0.1) is 0 Å². The zero-order chi connectivity index (χ0) is 33.5. The van der Waals surface area contributed by atoms with Gasteiger partial charge in [0.2, 0.25) is 0 Å². The number of benzene rings is 1. The number of hydrogen-bond donors (Lipinski definition) is 0. The van der Waals surface area contributed by atoms with Gasteiger partial charge >= 0.3 is 47.0 Å².